The van der Waals surface area contributed by atoms with E-state index in [1.165, 1.54) is 0 Å². The van der Waals surface area contributed by atoms with E-state index in [1.807, 2.05) is 0 Å². The lowest BCUT2D eigenvalue weighted by atomic mass is 10.0. The molecule has 19 heavy (non-hydrogen) atoms. The van der Waals surface area contributed by atoms with Crippen molar-refractivity contribution in [2.45, 2.75) is 32.2 Å². The van der Waals surface area contributed by atoms with Crippen LogP contribution in [-0.4, -0.2) is 51.6 Å². The SMILES string of the molecule is CCCNC1COCC1C(=O)OCC1CCOCC1. The number of carbonyl (C=O) groups excluding carboxylic acids is 1. The third kappa shape index (κ3) is 4.44. The largest absolute Gasteiger partial charge is 0.465 e. The summed E-state index contributed by atoms with van der Waals surface area (Å²) in [6.07, 6.45) is 3.04. The van der Waals surface area contributed by atoms with Gasteiger partial charge in [0.15, 0.2) is 0 Å². The van der Waals surface area contributed by atoms with Gasteiger partial charge in [-0.2, -0.15) is 0 Å². The molecule has 2 rings (SSSR count). The fourth-order valence-electron chi connectivity index (χ4n) is 2.54. The molecule has 0 radical (unpaired) electrons. The van der Waals surface area contributed by atoms with Crippen LogP contribution in [0.25, 0.3) is 0 Å². The van der Waals surface area contributed by atoms with E-state index in [4.69, 9.17) is 14.2 Å². The molecule has 2 aliphatic heterocycles. The van der Waals surface area contributed by atoms with Crippen LogP contribution in [0, 0.1) is 11.8 Å². The zero-order valence-corrected chi connectivity index (χ0v) is 11.7. The molecule has 0 spiro atoms. The second-order valence-electron chi connectivity index (χ2n) is 5.39. The molecule has 110 valence electrons. The first-order valence-corrected chi connectivity index (χ1v) is 7.36. The van der Waals surface area contributed by atoms with Crippen LogP contribution in [0.3, 0.4) is 0 Å². The van der Waals surface area contributed by atoms with Crippen LogP contribution in [0.1, 0.15) is 26.2 Å². The van der Waals surface area contributed by atoms with Crippen molar-refractivity contribution in [3.8, 4) is 0 Å². The van der Waals surface area contributed by atoms with E-state index in [0.29, 0.717) is 25.7 Å². The highest BCUT2D eigenvalue weighted by molar-refractivity contribution is 5.73. The standard InChI is InChI=1S/C14H25NO4/c1-2-5-15-13-10-18-9-12(13)14(16)19-8-11-3-6-17-7-4-11/h11-13,15H,2-10H2,1H3. The van der Waals surface area contributed by atoms with E-state index in [1.54, 1.807) is 0 Å². The molecular formula is C14H25NO4. The molecule has 2 saturated heterocycles. The molecule has 2 aliphatic rings. The average molecular weight is 271 g/mol. The monoisotopic (exact) mass is 271 g/mol. The van der Waals surface area contributed by atoms with Crippen LogP contribution < -0.4 is 5.32 Å². The third-order valence-electron chi connectivity index (χ3n) is 3.84. The predicted molar refractivity (Wildman–Crippen MR) is 70.9 cm³/mol. The van der Waals surface area contributed by atoms with Crippen molar-refractivity contribution in [1.82, 2.24) is 5.32 Å². The molecule has 2 atom stereocenters. The Balaban J connectivity index is 1.71. The van der Waals surface area contributed by atoms with Gasteiger partial charge in [0.1, 0.15) is 0 Å². The minimum atomic E-state index is -0.147. The van der Waals surface area contributed by atoms with Crippen LogP contribution in [0.2, 0.25) is 0 Å². The zero-order valence-electron chi connectivity index (χ0n) is 11.7. The Bertz CT molecular complexity index is 279. The van der Waals surface area contributed by atoms with Crippen molar-refractivity contribution >= 4 is 5.97 Å². The Morgan fingerprint density at radius 3 is 2.79 bits per heavy atom. The molecular weight excluding hydrogens is 246 g/mol. The van der Waals surface area contributed by atoms with Gasteiger partial charge in [0.05, 0.1) is 25.7 Å². The molecule has 0 aromatic heterocycles. The van der Waals surface area contributed by atoms with Crippen LogP contribution in [-0.2, 0) is 19.0 Å². The lowest BCUT2D eigenvalue weighted by Crippen LogP contribution is -2.40. The van der Waals surface area contributed by atoms with Crippen LogP contribution >= 0.6 is 0 Å². The van der Waals surface area contributed by atoms with Crippen molar-refractivity contribution in [2.24, 2.45) is 11.8 Å². The Labute approximate surface area is 115 Å². The van der Waals surface area contributed by atoms with Crippen molar-refractivity contribution < 1.29 is 19.0 Å². The highest BCUT2D eigenvalue weighted by Crippen LogP contribution is 2.19. The maximum Gasteiger partial charge on any atom is 0.312 e. The van der Waals surface area contributed by atoms with E-state index < -0.39 is 0 Å². The summed E-state index contributed by atoms with van der Waals surface area (Å²) >= 11 is 0. The van der Waals surface area contributed by atoms with Crippen molar-refractivity contribution in [2.75, 3.05) is 39.6 Å². The Morgan fingerprint density at radius 1 is 1.26 bits per heavy atom. The number of hydrogen-bond donors (Lipinski definition) is 1. The van der Waals surface area contributed by atoms with Gasteiger partial charge in [-0.15, -0.1) is 0 Å². The average Bonchev–Trinajstić information content (AvgIpc) is 2.92. The number of hydrogen-bond acceptors (Lipinski definition) is 5. The normalized spacial score (nSPS) is 28.5. The fraction of sp³-hybridized carbons (Fsp3) is 0.929. The summed E-state index contributed by atoms with van der Waals surface area (Å²) < 4.78 is 16.2. The maximum atomic E-state index is 12.1. The summed E-state index contributed by atoms with van der Waals surface area (Å²) in [5.41, 5.74) is 0. The first-order valence-electron chi connectivity index (χ1n) is 7.36. The van der Waals surface area contributed by atoms with Gasteiger partial charge >= 0.3 is 5.97 Å². The van der Waals surface area contributed by atoms with E-state index in [0.717, 1.165) is 39.0 Å². The van der Waals surface area contributed by atoms with Gasteiger partial charge in [-0.05, 0) is 31.7 Å². The summed E-state index contributed by atoms with van der Waals surface area (Å²) in [5, 5.41) is 3.35. The van der Waals surface area contributed by atoms with Gasteiger partial charge in [0.2, 0.25) is 0 Å². The first-order chi connectivity index (χ1) is 9.31. The molecule has 1 N–H and O–H groups in total. The Morgan fingerprint density at radius 2 is 2.05 bits per heavy atom. The van der Waals surface area contributed by atoms with E-state index >= 15 is 0 Å². The predicted octanol–water partition coefficient (Wildman–Crippen LogP) is 0.971. The van der Waals surface area contributed by atoms with Gasteiger partial charge in [0, 0.05) is 19.3 Å². The van der Waals surface area contributed by atoms with Gasteiger partial charge in [-0.25, -0.2) is 0 Å². The molecule has 0 bridgehead atoms. The molecule has 2 heterocycles. The number of esters is 1. The van der Waals surface area contributed by atoms with Crippen LogP contribution in [0.4, 0.5) is 0 Å². The highest BCUT2D eigenvalue weighted by atomic mass is 16.5. The fourth-order valence-corrected chi connectivity index (χ4v) is 2.54. The quantitative estimate of drug-likeness (QED) is 0.730. The summed E-state index contributed by atoms with van der Waals surface area (Å²) in [5.74, 6) is 0.200. The summed E-state index contributed by atoms with van der Waals surface area (Å²) in [6, 6.07) is 0.113. The minimum absolute atomic E-state index is 0.113. The molecule has 5 nitrogen and oxygen atoms in total. The van der Waals surface area contributed by atoms with E-state index in [9.17, 15) is 4.79 Å². The molecule has 2 fully saturated rings. The summed E-state index contributed by atoms with van der Waals surface area (Å²) in [6.45, 7) is 6.22. The smallest absolute Gasteiger partial charge is 0.312 e. The molecule has 0 saturated carbocycles. The lowest BCUT2D eigenvalue weighted by molar-refractivity contribution is -0.151. The van der Waals surface area contributed by atoms with Crippen LogP contribution in [0.5, 0.6) is 0 Å². The topological polar surface area (TPSA) is 56.8 Å². The second kappa shape index (κ2) is 7.82. The van der Waals surface area contributed by atoms with Crippen molar-refractivity contribution in [3.05, 3.63) is 0 Å². The highest BCUT2D eigenvalue weighted by Gasteiger charge is 2.35. The molecule has 2 unspecified atom stereocenters. The molecule has 0 amide bonds. The van der Waals surface area contributed by atoms with Crippen molar-refractivity contribution in [3.63, 3.8) is 0 Å². The Hall–Kier alpha value is -0.650. The van der Waals surface area contributed by atoms with Crippen LogP contribution in [0.15, 0.2) is 0 Å². The molecule has 0 aromatic carbocycles. The van der Waals surface area contributed by atoms with Crippen molar-refractivity contribution in [1.29, 1.82) is 0 Å². The van der Waals surface area contributed by atoms with Gasteiger partial charge in [0.25, 0.3) is 0 Å². The Kier molecular flexibility index (Phi) is 6.07. The number of ether oxygens (including phenoxy) is 3. The molecule has 5 heteroatoms. The van der Waals surface area contributed by atoms with E-state index in [-0.39, 0.29) is 17.9 Å². The molecule has 0 aromatic rings. The number of rotatable bonds is 6. The van der Waals surface area contributed by atoms with E-state index in [2.05, 4.69) is 12.2 Å². The summed E-state index contributed by atoms with van der Waals surface area (Å²) in [7, 11) is 0. The first kappa shape index (κ1) is 14.8. The second-order valence-corrected chi connectivity index (χ2v) is 5.39. The number of carbonyl (C=O) groups is 1. The molecule has 0 aliphatic carbocycles. The summed E-state index contributed by atoms with van der Waals surface area (Å²) in [4.78, 5) is 12.1. The van der Waals surface area contributed by atoms with Gasteiger partial charge in [-0.1, -0.05) is 6.92 Å². The third-order valence-corrected chi connectivity index (χ3v) is 3.84. The zero-order chi connectivity index (χ0) is 13.5. The van der Waals surface area contributed by atoms with Gasteiger partial charge < -0.3 is 19.5 Å². The minimum Gasteiger partial charge on any atom is -0.465 e. The van der Waals surface area contributed by atoms with Gasteiger partial charge in [-0.3, -0.25) is 4.79 Å². The number of nitrogens with one attached hydrogen (secondary N) is 1. The maximum absolute atomic E-state index is 12.1. The lowest BCUT2D eigenvalue weighted by Gasteiger charge is -2.23.